The number of halogens is 9. The molecule has 0 bridgehead atoms. The molecule has 3 aliphatic rings. The van der Waals surface area contributed by atoms with E-state index in [-0.39, 0.29) is 54.3 Å². The Balaban J connectivity index is 0.000000188. The largest absolute Gasteiger partial charge is 0.467 e. The topological polar surface area (TPSA) is 179 Å². The van der Waals surface area contributed by atoms with E-state index in [0.29, 0.717) is 91.4 Å². The molecule has 0 heterocycles. The second-order valence-corrected chi connectivity index (χ2v) is 29.9. The fourth-order valence-electron chi connectivity index (χ4n) is 13.6. The predicted octanol–water partition coefficient (Wildman–Crippen LogP) is 19.9. The first kappa shape index (κ1) is 85.8. The number of alkyl halides is 3. The molecule has 12 rings (SSSR count). The predicted molar refractivity (Wildman–Crippen MR) is 417 cm³/mol. The maximum absolute atomic E-state index is 17.3. The zero-order valence-corrected chi connectivity index (χ0v) is 65.4. The first-order valence-electron chi connectivity index (χ1n) is 35.2. The first-order valence-corrected chi connectivity index (χ1v) is 39.0. The second kappa shape index (κ2) is 39.8. The van der Waals surface area contributed by atoms with Crippen molar-refractivity contribution in [1.29, 1.82) is 0 Å². The standard InChI is InChI=1S/2C29H27ClF2O5.C27H25ClF2O4.S3/c2*1-18(33)36-26(17-19-8-15-24(31)25(16-19)37-23-6-4-3-5-7-23)29(32,28(34)35-2)27(20-9-10-20)21-11-13-22(30)14-12-21;1-33-26(32)27(30,25(18-8-9-18)19-10-12-20(28)13-11-19)24(31)16-17-7-14-22(29)23(15-17)34-21-5-3-2-4-6-21;1-3-2/h2*3-8,11-16,20,26-27H,9-10,17H2,1-2H3;2-7,10-15,18,24-25,31H,8-9,16H2,1H3;/t26?,27-,29?;26-,27-,29+;24?,25-,27?;/m000./s1. The number of para-hydroxylation sites is 3. The molecule has 14 nitrogen and oxygen atoms in total. The van der Waals surface area contributed by atoms with E-state index in [9.17, 15) is 42.3 Å². The van der Waals surface area contributed by atoms with Gasteiger partial charge in [0.15, 0.2) is 46.9 Å². The Labute approximate surface area is 667 Å². The zero-order valence-electron chi connectivity index (χ0n) is 60.7. The lowest BCUT2D eigenvalue weighted by molar-refractivity contribution is -0.178. The Morgan fingerprint density at radius 2 is 0.667 bits per heavy atom. The SMILES string of the molecule is COC(=O)C(F)(C(Cc1ccc(F)c(Oc2ccccc2)c1)OC(C)=O)[C@H](c1ccc(Cl)cc1)C1CC1.COC(=O)C(F)(C(O)Cc1ccc(F)c(Oc2ccccc2)c1)[C@H](c1ccc(Cl)cc1)C1CC1.COC(=O)[C@@](F)([C@H](Cc1ccc(F)c(Oc2ccccc2)c1)OC(C)=O)[C@H](c1ccc(Cl)cc1)C1CC1.S=S=S. The molecule has 0 amide bonds. The van der Waals surface area contributed by atoms with E-state index in [4.69, 9.17) is 72.7 Å². The molecule has 9 aromatic carbocycles. The molecule has 584 valence electrons. The maximum atomic E-state index is 17.3. The average molecular weight is 1640 g/mol. The highest BCUT2D eigenvalue weighted by Gasteiger charge is 2.62. The lowest BCUT2D eigenvalue weighted by atomic mass is 9.75. The van der Waals surface area contributed by atoms with E-state index >= 15 is 13.2 Å². The highest BCUT2D eigenvalue weighted by Crippen LogP contribution is 2.56. The summed E-state index contributed by atoms with van der Waals surface area (Å²) in [5.74, 6) is -8.97. The van der Waals surface area contributed by atoms with Crippen molar-refractivity contribution >= 4 is 95.9 Å². The van der Waals surface area contributed by atoms with Gasteiger partial charge in [0.25, 0.3) is 11.3 Å². The van der Waals surface area contributed by atoms with Crippen LogP contribution in [-0.4, -0.2) is 91.6 Å². The van der Waals surface area contributed by atoms with Gasteiger partial charge in [-0.2, -0.15) is 0 Å². The molecular weight excluding hydrogens is 1560 g/mol. The molecule has 26 heteroatoms. The van der Waals surface area contributed by atoms with Crippen LogP contribution < -0.4 is 14.2 Å². The molecule has 0 aromatic heterocycles. The number of methoxy groups -OCH3 is 3. The highest BCUT2D eigenvalue weighted by molar-refractivity contribution is 8.37. The molecular formula is C85H79Cl3F6O14S3. The van der Waals surface area contributed by atoms with E-state index in [1.54, 1.807) is 164 Å². The van der Waals surface area contributed by atoms with Crippen LogP contribution in [0.5, 0.6) is 34.5 Å². The Kier molecular flexibility index (Phi) is 30.8. The number of carbonyl (C=O) groups is 5. The minimum atomic E-state index is -2.72. The van der Waals surface area contributed by atoms with E-state index in [0.717, 1.165) is 56.9 Å². The van der Waals surface area contributed by atoms with E-state index in [1.165, 1.54) is 54.6 Å². The molecule has 1 N–H and O–H groups in total. The van der Waals surface area contributed by atoms with Crippen LogP contribution in [-0.2, 0) is 98.2 Å². The minimum absolute atomic E-state index is 0.0603. The van der Waals surface area contributed by atoms with Crippen molar-refractivity contribution in [2.75, 3.05) is 21.3 Å². The van der Waals surface area contributed by atoms with Crippen LogP contribution in [0.15, 0.2) is 218 Å². The van der Waals surface area contributed by atoms with Gasteiger partial charge in [-0.05, 0) is 199 Å². The van der Waals surface area contributed by atoms with Gasteiger partial charge in [-0.3, -0.25) is 9.59 Å². The molecule has 3 aliphatic carbocycles. The van der Waals surface area contributed by atoms with Gasteiger partial charge in [-0.1, -0.05) is 144 Å². The van der Waals surface area contributed by atoms with E-state index in [2.05, 4.69) is 22.4 Å². The number of benzene rings is 9. The van der Waals surface area contributed by atoms with Crippen LogP contribution in [0, 0.1) is 35.2 Å². The molecule has 0 aliphatic heterocycles. The average Bonchev–Trinajstić information content (AvgIpc) is 1.71. The van der Waals surface area contributed by atoms with Gasteiger partial charge < -0.3 is 43.0 Å². The Bertz CT molecular complexity index is 4470. The van der Waals surface area contributed by atoms with Gasteiger partial charge in [0.2, 0.25) is 5.67 Å². The highest BCUT2D eigenvalue weighted by atomic mass is 35.5. The van der Waals surface area contributed by atoms with E-state index < -0.39 is 100 Å². The summed E-state index contributed by atoms with van der Waals surface area (Å²) in [6.07, 6.45) is -1.23. The lowest BCUT2D eigenvalue weighted by Gasteiger charge is -2.37. The van der Waals surface area contributed by atoms with Crippen LogP contribution in [0.4, 0.5) is 26.3 Å². The molecule has 0 radical (unpaired) electrons. The van der Waals surface area contributed by atoms with Gasteiger partial charge in [0.05, 0.1) is 21.3 Å². The summed E-state index contributed by atoms with van der Waals surface area (Å²) >= 11 is 26.3. The third-order valence-electron chi connectivity index (χ3n) is 19.0. The van der Waals surface area contributed by atoms with Crippen LogP contribution in [0.1, 0.15) is 104 Å². The number of ether oxygens (including phenoxy) is 8. The number of hydrogen-bond acceptors (Lipinski definition) is 16. The Morgan fingerprint density at radius 3 is 0.919 bits per heavy atom. The number of aliphatic hydroxyl groups is 1. The van der Waals surface area contributed by atoms with Crippen molar-refractivity contribution in [2.45, 2.75) is 125 Å². The number of hydrogen-bond donors (Lipinski definition) is 1. The van der Waals surface area contributed by atoms with Crippen molar-refractivity contribution < 1.29 is 93.3 Å². The monoisotopic (exact) mass is 1640 g/mol. The number of carbonyl (C=O) groups excluding carboxylic acids is 5. The molecule has 9 atom stereocenters. The zero-order chi connectivity index (χ0) is 80.2. The van der Waals surface area contributed by atoms with Gasteiger partial charge in [-0.15, -0.1) is 0 Å². The molecule has 9 aromatic rings. The summed E-state index contributed by atoms with van der Waals surface area (Å²) in [7, 11) is 4.20. The fourth-order valence-corrected chi connectivity index (χ4v) is 14.0. The summed E-state index contributed by atoms with van der Waals surface area (Å²) in [6, 6.07) is 57.8. The third-order valence-corrected chi connectivity index (χ3v) is 19.8. The van der Waals surface area contributed by atoms with Crippen LogP contribution in [0.25, 0.3) is 0 Å². The number of aliphatic hydroxyl groups excluding tert-OH is 1. The van der Waals surface area contributed by atoms with Crippen LogP contribution in [0.2, 0.25) is 15.1 Å². The van der Waals surface area contributed by atoms with Gasteiger partial charge in [-0.25, -0.2) is 40.7 Å². The summed E-state index contributed by atoms with van der Waals surface area (Å²) in [5.41, 5.74) is -5.26. The summed E-state index contributed by atoms with van der Waals surface area (Å²) in [6.45, 7) is 2.29. The Morgan fingerprint density at radius 1 is 0.414 bits per heavy atom. The molecule has 3 fully saturated rings. The molecule has 3 saturated carbocycles. The quantitative estimate of drug-likeness (QED) is 0.0265. The first-order chi connectivity index (χ1) is 53.2. The van der Waals surface area contributed by atoms with Crippen LogP contribution in [0.3, 0.4) is 0 Å². The van der Waals surface area contributed by atoms with Crippen molar-refractivity contribution in [3.8, 4) is 34.5 Å². The summed E-state index contributed by atoms with van der Waals surface area (Å²) < 4.78 is 137. The minimum Gasteiger partial charge on any atom is -0.467 e. The number of esters is 5. The smallest absolute Gasteiger partial charge is 0.348 e. The van der Waals surface area contributed by atoms with Crippen molar-refractivity contribution in [3.05, 3.63) is 284 Å². The summed E-state index contributed by atoms with van der Waals surface area (Å²) in [5, 5.41) is 12.5. The fraction of sp³-hybridized carbons (Fsp3) is 0.306. The Hall–Kier alpha value is -9.20. The van der Waals surface area contributed by atoms with Gasteiger partial charge in [0, 0.05) is 97.2 Å². The molecule has 111 heavy (non-hydrogen) atoms. The molecule has 0 saturated heterocycles. The third kappa shape index (κ3) is 22.6. The van der Waals surface area contributed by atoms with Crippen molar-refractivity contribution in [2.24, 2.45) is 17.8 Å². The normalized spacial score (nSPS) is 16.1. The number of rotatable bonds is 29. The van der Waals surface area contributed by atoms with E-state index in [1.807, 2.05) is 0 Å². The maximum Gasteiger partial charge on any atom is 0.348 e. The summed E-state index contributed by atoms with van der Waals surface area (Å²) in [4.78, 5) is 63.2. The van der Waals surface area contributed by atoms with Gasteiger partial charge >= 0.3 is 29.8 Å². The van der Waals surface area contributed by atoms with Crippen LogP contribution >= 0.6 is 34.8 Å². The van der Waals surface area contributed by atoms with Crippen molar-refractivity contribution in [3.63, 3.8) is 0 Å². The second-order valence-electron chi connectivity index (χ2n) is 26.8. The van der Waals surface area contributed by atoms with Crippen molar-refractivity contribution in [1.82, 2.24) is 0 Å². The molecule has 0 spiro atoms. The van der Waals surface area contributed by atoms with Gasteiger partial charge in [0.1, 0.15) is 23.4 Å². The molecule has 4 unspecified atom stereocenters. The lowest BCUT2D eigenvalue weighted by Crippen LogP contribution is -2.54.